The van der Waals surface area contributed by atoms with Gasteiger partial charge in [-0.1, -0.05) is 90.5 Å². The maximum Gasteiger partial charge on any atom is 0.270 e. The van der Waals surface area contributed by atoms with Crippen LogP contribution in [0, 0.1) is 11.8 Å². The first-order chi connectivity index (χ1) is 20.7. The van der Waals surface area contributed by atoms with Crippen LogP contribution < -0.4 is 9.47 Å². The lowest BCUT2D eigenvalue weighted by Gasteiger charge is -2.27. The number of carbonyl (C=O) groups excluding carboxylic acids is 2. The molecule has 6 rings (SSSR count). The van der Waals surface area contributed by atoms with Gasteiger partial charge >= 0.3 is 0 Å². The van der Waals surface area contributed by atoms with Crippen LogP contribution in [0.1, 0.15) is 23.1 Å². The molecule has 42 heavy (non-hydrogen) atoms. The van der Waals surface area contributed by atoms with Crippen LogP contribution in [-0.2, 0) is 29.0 Å². The number of benzene rings is 3. The monoisotopic (exact) mass is 565 g/mol. The zero-order chi connectivity index (χ0) is 28.7. The van der Waals surface area contributed by atoms with Crippen molar-refractivity contribution >= 4 is 46.2 Å². The Morgan fingerprint density at radius 2 is 1.86 bits per heavy atom. The average Bonchev–Trinajstić information content (AvgIpc) is 3.39. The zero-order valence-corrected chi connectivity index (χ0v) is 23.9. The smallest absolute Gasteiger partial charge is 0.270 e. The third-order valence-corrected chi connectivity index (χ3v) is 8.56. The number of pyridine rings is 1. The number of hydrogen-bond donors (Lipinski definition) is 0. The molecule has 4 aromatic rings. The second-order valence-electron chi connectivity index (χ2n) is 10.2. The molecule has 4 nitrogen and oxygen atoms in total. The SMILES string of the molecule is O=C=CC#CC(=O)C[n+]1ccc(C=CC(=CC=C2Sc3cccc4c3N2CCC4)Cc2ccccc2)c2ccccc21. The Kier molecular flexibility index (Phi) is 8.28. The number of para-hydroxylation sites is 2. The first-order valence-electron chi connectivity index (χ1n) is 14.0. The largest absolute Gasteiger partial charge is 0.335 e. The number of carbonyl (C=O) groups is 1. The fraction of sp³-hybridized carbons (Fsp3) is 0.135. The van der Waals surface area contributed by atoms with Gasteiger partial charge in [0.15, 0.2) is 6.20 Å². The predicted molar refractivity (Wildman–Crippen MR) is 171 cm³/mol. The Balaban J connectivity index is 1.32. The highest BCUT2D eigenvalue weighted by atomic mass is 32.2. The number of thioether (sulfide) groups is 1. The Hall–Kier alpha value is -4.88. The van der Waals surface area contributed by atoms with E-state index in [1.165, 1.54) is 38.7 Å². The summed E-state index contributed by atoms with van der Waals surface area (Å²) in [4.78, 5) is 26.5. The Morgan fingerprint density at radius 3 is 2.74 bits per heavy atom. The predicted octanol–water partition coefficient (Wildman–Crippen LogP) is 6.67. The van der Waals surface area contributed by atoms with E-state index >= 15 is 0 Å². The number of anilines is 1. The van der Waals surface area contributed by atoms with E-state index in [1.54, 1.807) is 5.94 Å². The molecule has 3 heterocycles. The number of allylic oxidation sites excluding steroid dienone is 5. The van der Waals surface area contributed by atoms with E-state index in [2.05, 4.69) is 89.6 Å². The van der Waals surface area contributed by atoms with Crippen molar-refractivity contribution in [2.24, 2.45) is 0 Å². The Morgan fingerprint density at radius 1 is 1.00 bits per heavy atom. The lowest BCUT2D eigenvalue weighted by Crippen LogP contribution is -2.38. The number of aryl methyl sites for hydroxylation is 1. The zero-order valence-electron chi connectivity index (χ0n) is 23.1. The highest BCUT2D eigenvalue weighted by molar-refractivity contribution is 8.03. The molecular formula is C37H29N2O2S+. The molecule has 0 saturated carbocycles. The molecule has 204 valence electrons. The molecule has 0 aliphatic carbocycles. The van der Waals surface area contributed by atoms with Gasteiger partial charge in [0.2, 0.25) is 12.1 Å². The number of fused-ring (bicyclic) bond motifs is 1. The van der Waals surface area contributed by atoms with Gasteiger partial charge in [0.1, 0.15) is 5.94 Å². The van der Waals surface area contributed by atoms with Crippen molar-refractivity contribution in [2.45, 2.75) is 30.7 Å². The van der Waals surface area contributed by atoms with Crippen LogP contribution in [-0.4, -0.2) is 18.3 Å². The molecule has 0 atom stereocenters. The lowest BCUT2D eigenvalue weighted by molar-refractivity contribution is -0.657. The summed E-state index contributed by atoms with van der Waals surface area (Å²) in [7, 11) is 0. The normalized spacial score (nSPS) is 14.9. The third kappa shape index (κ3) is 6.06. The molecule has 0 bridgehead atoms. The summed E-state index contributed by atoms with van der Waals surface area (Å²) in [6.07, 6.45) is 14.9. The minimum Gasteiger partial charge on any atom is -0.335 e. The molecule has 3 aromatic carbocycles. The fourth-order valence-electron chi connectivity index (χ4n) is 5.52. The molecule has 0 amide bonds. The number of nitrogens with zero attached hydrogens (tertiary/aromatic N) is 2. The Labute approximate surface area is 250 Å². The Bertz CT molecular complexity index is 1870. The van der Waals surface area contributed by atoms with E-state index in [1.807, 2.05) is 52.9 Å². The lowest BCUT2D eigenvalue weighted by atomic mass is 10.0. The standard InChI is InChI=1S/C37H29N2O2S/c40-25-7-6-14-32(41)27-38-24-22-30(33-15-4-5-16-34(33)38)20-18-29(26-28-10-2-1-3-11-28)19-21-36-39-23-9-13-31-12-8-17-35(42-36)37(31)39/h1-5,7-8,10-12,15-22,24H,9,13,23,26-27H2/q+1. The van der Waals surface area contributed by atoms with Crippen LogP contribution in [0.5, 0.6) is 0 Å². The van der Waals surface area contributed by atoms with Gasteiger partial charge in [0, 0.05) is 23.6 Å². The van der Waals surface area contributed by atoms with Crippen molar-refractivity contribution in [1.29, 1.82) is 0 Å². The second-order valence-corrected chi connectivity index (χ2v) is 11.3. The van der Waals surface area contributed by atoms with Crippen molar-refractivity contribution in [1.82, 2.24) is 0 Å². The van der Waals surface area contributed by atoms with Gasteiger partial charge in [-0.2, -0.15) is 4.57 Å². The number of rotatable bonds is 7. The molecule has 0 spiro atoms. The van der Waals surface area contributed by atoms with Crippen LogP contribution in [0.3, 0.4) is 0 Å². The van der Waals surface area contributed by atoms with Gasteiger partial charge in [-0.15, -0.1) is 0 Å². The maximum atomic E-state index is 12.3. The van der Waals surface area contributed by atoms with E-state index in [0.29, 0.717) is 0 Å². The summed E-state index contributed by atoms with van der Waals surface area (Å²) >= 11 is 1.86. The van der Waals surface area contributed by atoms with Crippen LogP contribution in [0.2, 0.25) is 0 Å². The number of aromatic nitrogens is 1. The average molecular weight is 566 g/mol. The molecule has 0 saturated heterocycles. The summed E-state index contributed by atoms with van der Waals surface area (Å²) in [5.74, 6) is 6.21. The van der Waals surface area contributed by atoms with Gasteiger partial charge in [0.25, 0.3) is 5.78 Å². The van der Waals surface area contributed by atoms with E-state index < -0.39 is 0 Å². The molecule has 5 heteroatoms. The van der Waals surface area contributed by atoms with Crippen molar-refractivity contribution in [3.8, 4) is 11.8 Å². The van der Waals surface area contributed by atoms with Crippen LogP contribution >= 0.6 is 11.8 Å². The van der Waals surface area contributed by atoms with Crippen LogP contribution in [0.4, 0.5) is 5.69 Å². The first-order valence-corrected chi connectivity index (χ1v) is 14.9. The van der Waals surface area contributed by atoms with Crippen molar-refractivity contribution in [3.63, 3.8) is 0 Å². The van der Waals surface area contributed by atoms with Gasteiger partial charge in [0.05, 0.1) is 22.2 Å². The van der Waals surface area contributed by atoms with Gasteiger partial charge < -0.3 is 4.90 Å². The molecule has 0 radical (unpaired) electrons. The minimum absolute atomic E-state index is 0.106. The minimum atomic E-state index is -0.270. The summed E-state index contributed by atoms with van der Waals surface area (Å²) in [6.45, 7) is 1.16. The van der Waals surface area contributed by atoms with Crippen molar-refractivity contribution in [3.05, 3.63) is 137 Å². The van der Waals surface area contributed by atoms with Gasteiger partial charge in [-0.05, 0) is 65.7 Å². The second kappa shape index (κ2) is 12.7. The summed E-state index contributed by atoms with van der Waals surface area (Å²) in [5.41, 5.74) is 7.31. The van der Waals surface area contributed by atoms with Crippen LogP contribution in [0.15, 0.2) is 125 Å². The number of hydrogen-bond acceptors (Lipinski definition) is 4. The van der Waals surface area contributed by atoms with Crippen molar-refractivity contribution < 1.29 is 14.2 Å². The highest BCUT2D eigenvalue weighted by Gasteiger charge is 2.29. The molecule has 0 unspecified atom stereocenters. The molecule has 1 aromatic heterocycles. The van der Waals surface area contributed by atoms with Gasteiger partial charge in [-0.25, -0.2) is 4.79 Å². The molecule has 2 aliphatic heterocycles. The molecule has 2 aliphatic rings. The molecule has 0 fully saturated rings. The number of Topliss-reactive ketones (excluding diaryl/α,β-unsaturated/α-hetero) is 1. The summed E-state index contributed by atoms with van der Waals surface area (Å²) < 4.78 is 1.89. The van der Waals surface area contributed by atoms with E-state index in [4.69, 9.17) is 0 Å². The molecular weight excluding hydrogens is 536 g/mol. The van der Waals surface area contributed by atoms with Gasteiger partial charge in [-0.3, -0.25) is 4.79 Å². The quantitative estimate of drug-likeness (QED) is 0.0825. The third-order valence-electron chi connectivity index (χ3n) is 7.44. The summed E-state index contributed by atoms with van der Waals surface area (Å²) in [5, 5.41) is 2.32. The number of ketones is 1. The van der Waals surface area contributed by atoms with Crippen LogP contribution in [0.25, 0.3) is 17.0 Å². The maximum absolute atomic E-state index is 12.3. The molecule has 0 N–H and O–H groups in total. The highest BCUT2D eigenvalue weighted by Crippen LogP contribution is 2.49. The first kappa shape index (κ1) is 27.3. The van der Waals surface area contributed by atoms with E-state index in [-0.39, 0.29) is 12.3 Å². The van der Waals surface area contributed by atoms with E-state index in [0.717, 1.165) is 41.9 Å². The van der Waals surface area contributed by atoms with E-state index in [9.17, 15) is 9.59 Å². The van der Waals surface area contributed by atoms with Crippen molar-refractivity contribution in [2.75, 3.05) is 11.4 Å². The topological polar surface area (TPSA) is 41.3 Å². The summed E-state index contributed by atoms with van der Waals surface area (Å²) in [6, 6.07) is 27.3. The fourth-order valence-corrected chi connectivity index (χ4v) is 6.66.